The van der Waals surface area contributed by atoms with Crippen molar-refractivity contribution in [2.75, 3.05) is 31.5 Å². The first-order chi connectivity index (χ1) is 12.9. The Kier molecular flexibility index (Phi) is 6.88. The van der Waals surface area contributed by atoms with Crippen molar-refractivity contribution in [3.05, 3.63) is 59.8 Å². The molecule has 0 aliphatic carbocycles. The molecular weight excluding hydrogens is 322 g/mol. The highest BCUT2D eigenvalue weighted by Gasteiger charge is 2.18. The fourth-order valence-corrected chi connectivity index (χ4v) is 3.21. The van der Waals surface area contributed by atoms with E-state index in [1.807, 2.05) is 24.4 Å². The first kappa shape index (κ1) is 18.2. The van der Waals surface area contributed by atoms with E-state index in [9.17, 15) is 0 Å². The molecule has 1 aliphatic heterocycles. The van der Waals surface area contributed by atoms with Gasteiger partial charge in [-0.3, -0.25) is 4.99 Å². The molecule has 1 aromatic carbocycles. The van der Waals surface area contributed by atoms with Gasteiger partial charge < -0.3 is 15.5 Å². The number of pyridine rings is 1. The Morgan fingerprint density at radius 3 is 2.77 bits per heavy atom. The Morgan fingerprint density at radius 1 is 1.12 bits per heavy atom. The van der Waals surface area contributed by atoms with Crippen LogP contribution in [0, 0.1) is 0 Å². The second kappa shape index (κ2) is 9.80. The molecule has 2 aromatic rings. The number of hydrogen-bond acceptors (Lipinski definition) is 3. The second-order valence-corrected chi connectivity index (χ2v) is 6.52. The maximum Gasteiger partial charge on any atom is 0.194 e. The zero-order valence-electron chi connectivity index (χ0n) is 15.6. The fraction of sp³-hybridized carbons (Fsp3) is 0.429. The number of aliphatic imine (C=N–C) groups is 1. The van der Waals surface area contributed by atoms with Gasteiger partial charge in [0.1, 0.15) is 5.82 Å². The Morgan fingerprint density at radius 2 is 1.96 bits per heavy atom. The number of fused-ring (bicyclic) bond motifs is 1. The molecule has 5 heteroatoms. The molecule has 3 rings (SSSR count). The van der Waals surface area contributed by atoms with E-state index < -0.39 is 0 Å². The topological polar surface area (TPSA) is 52.6 Å². The maximum absolute atomic E-state index is 4.84. The van der Waals surface area contributed by atoms with Gasteiger partial charge in [-0.15, -0.1) is 0 Å². The number of hydrogen-bond donors (Lipinski definition) is 2. The molecule has 0 saturated heterocycles. The zero-order chi connectivity index (χ0) is 18.0. The van der Waals surface area contributed by atoms with Crippen molar-refractivity contribution in [3.63, 3.8) is 0 Å². The molecule has 0 amide bonds. The molecule has 0 saturated carbocycles. The average molecular weight is 351 g/mol. The number of aromatic nitrogens is 1. The summed E-state index contributed by atoms with van der Waals surface area (Å²) in [6.45, 7) is 6.79. The highest BCUT2D eigenvalue weighted by molar-refractivity contribution is 5.80. The molecule has 0 radical (unpaired) electrons. The van der Waals surface area contributed by atoms with Crippen LogP contribution in [-0.2, 0) is 13.0 Å². The summed E-state index contributed by atoms with van der Waals surface area (Å²) in [4.78, 5) is 11.5. The van der Waals surface area contributed by atoms with Gasteiger partial charge in [-0.1, -0.05) is 30.3 Å². The molecule has 26 heavy (non-hydrogen) atoms. The van der Waals surface area contributed by atoms with Crippen molar-refractivity contribution in [1.82, 2.24) is 15.2 Å². The van der Waals surface area contributed by atoms with Crippen LogP contribution in [0.15, 0.2) is 53.7 Å². The lowest BCUT2D eigenvalue weighted by Gasteiger charge is -2.31. The van der Waals surface area contributed by atoms with E-state index in [4.69, 9.17) is 4.99 Å². The van der Waals surface area contributed by atoms with Crippen molar-refractivity contribution < 1.29 is 0 Å². The second-order valence-electron chi connectivity index (χ2n) is 6.52. The van der Waals surface area contributed by atoms with Gasteiger partial charge in [0.05, 0.1) is 0 Å². The molecular formula is C21H29N5. The molecule has 2 heterocycles. The lowest BCUT2D eigenvalue weighted by Crippen LogP contribution is -2.44. The molecule has 0 atom stereocenters. The number of nitrogens with zero attached hydrogens (tertiary/aromatic N) is 3. The van der Waals surface area contributed by atoms with Gasteiger partial charge in [-0.05, 0) is 49.4 Å². The van der Waals surface area contributed by atoms with Crippen LogP contribution < -0.4 is 10.6 Å². The van der Waals surface area contributed by atoms with Gasteiger partial charge in [-0.2, -0.15) is 0 Å². The summed E-state index contributed by atoms with van der Waals surface area (Å²) in [6.07, 6.45) is 5.06. The highest BCUT2D eigenvalue weighted by Crippen LogP contribution is 2.18. The molecule has 5 nitrogen and oxygen atoms in total. The quantitative estimate of drug-likeness (QED) is 0.457. The van der Waals surface area contributed by atoms with E-state index >= 15 is 0 Å². The largest absolute Gasteiger partial charge is 0.370 e. The van der Waals surface area contributed by atoms with Crippen molar-refractivity contribution in [3.8, 4) is 0 Å². The minimum Gasteiger partial charge on any atom is -0.370 e. The normalized spacial score (nSPS) is 14.0. The average Bonchev–Trinajstić information content (AvgIpc) is 2.70. The Balaban J connectivity index is 1.45. The Bertz CT molecular complexity index is 699. The number of benzene rings is 1. The number of guanidine groups is 1. The number of nitrogens with one attached hydrogen (secondary N) is 2. The lowest BCUT2D eigenvalue weighted by atomic mass is 10.0. The molecule has 1 aliphatic rings. The first-order valence-electron chi connectivity index (χ1n) is 9.62. The van der Waals surface area contributed by atoms with Gasteiger partial charge >= 0.3 is 0 Å². The third-order valence-corrected chi connectivity index (χ3v) is 4.58. The summed E-state index contributed by atoms with van der Waals surface area (Å²) in [7, 11) is 0. The molecule has 0 fully saturated rings. The zero-order valence-corrected chi connectivity index (χ0v) is 15.6. The van der Waals surface area contributed by atoms with Crippen LogP contribution in [0.1, 0.15) is 30.9 Å². The molecule has 2 N–H and O–H groups in total. The third-order valence-electron chi connectivity index (χ3n) is 4.58. The third kappa shape index (κ3) is 5.22. The summed E-state index contributed by atoms with van der Waals surface area (Å²) in [5.41, 5.74) is 2.89. The smallest absolute Gasteiger partial charge is 0.194 e. The van der Waals surface area contributed by atoms with Crippen LogP contribution in [0.4, 0.5) is 5.82 Å². The van der Waals surface area contributed by atoms with Crippen LogP contribution in [-0.4, -0.2) is 42.0 Å². The van der Waals surface area contributed by atoms with Crippen LogP contribution in [0.3, 0.4) is 0 Å². The van der Waals surface area contributed by atoms with Crippen LogP contribution >= 0.6 is 0 Å². The van der Waals surface area contributed by atoms with E-state index in [-0.39, 0.29) is 0 Å². The van der Waals surface area contributed by atoms with Crippen LogP contribution in [0.5, 0.6) is 0 Å². The van der Waals surface area contributed by atoms with E-state index in [1.54, 1.807) is 0 Å². The molecule has 0 spiro atoms. The highest BCUT2D eigenvalue weighted by atomic mass is 15.3. The Labute approximate surface area is 156 Å². The van der Waals surface area contributed by atoms with Crippen molar-refractivity contribution in [2.45, 2.75) is 32.7 Å². The van der Waals surface area contributed by atoms with E-state index in [2.05, 4.69) is 51.7 Å². The Hall–Kier alpha value is -2.56. The van der Waals surface area contributed by atoms with Crippen molar-refractivity contribution >= 4 is 11.8 Å². The van der Waals surface area contributed by atoms with E-state index in [1.165, 1.54) is 11.1 Å². The van der Waals surface area contributed by atoms with E-state index in [0.717, 1.165) is 63.8 Å². The minimum atomic E-state index is 0.852. The van der Waals surface area contributed by atoms with Crippen molar-refractivity contribution in [2.24, 2.45) is 4.99 Å². The predicted molar refractivity (Wildman–Crippen MR) is 108 cm³/mol. The van der Waals surface area contributed by atoms with Gasteiger partial charge in [-0.25, -0.2) is 4.98 Å². The standard InChI is InChI=1S/C21H29N5/c1-2-22-21(26-16-12-18-9-3-4-10-19(18)17-26)25-15-8-7-14-24-20-11-5-6-13-23-20/h3-6,9-11,13H,2,7-8,12,14-17H2,1H3,(H,22,25)(H,23,24). The fourth-order valence-electron chi connectivity index (χ4n) is 3.21. The molecule has 0 bridgehead atoms. The monoisotopic (exact) mass is 351 g/mol. The van der Waals surface area contributed by atoms with Gasteiger partial charge in [0.25, 0.3) is 0 Å². The maximum atomic E-state index is 4.84. The number of unbranched alkanes of at least 4 members (excludes halogenated alkanes) is 1. The summed E-state index contributed by atoms with van der Waals surface area (Å²) in [5, 5.41) is 6.80. The number of anilines is 1. The number of rotatable bonds is 7. The van der Waals surface area contributed by atoms with Gasteiger partial charge in [0.2, 0.25) is 0 Å². The SMILES string of the molecule is CCNC(=NCCCCNc1ccccn1)N1CCc2ccccc2C1. The summed E-state index contributed by atoms with van der Waals surface area (Å²) in [6, 6.07) is 14.7. The summed E-state index contributed by atoms with van der Waals surface area (Å²) >= 11 is 0. The summed E-state index contributed by atoms with van der Waals surface area (Å²) < 4.78 is 0. The molecule has 0 unspecified atom stereocenters. The van der Waals surface area contributed by atoms with Crippen LogP contribution in [0.2, 0.25) is 0 Å². The van der Waals surface area contributed by atoms with Crippen molar-refractivity contribution in [1.29, 1.82) is 0 Å². The van der Waals surface area contributed by atoms with Gasteiger partial charge in [0, 0.05) is 38.9 Å². The predicted octanol–water partition coefficient (Wildman–Crippen LogP) is 3.30. The van der Waals surface area contributed by atoms with Crippen LogP contribution in [0.25, 0.3) is 0 Å². The molecule has 1 aromatic heterocycles. The summed E-state index contributed by atoms with van der Waals surface area (Å²) in [5.74, 6) is 1.98. The van der Waals surface area contributed by atoms with Gasteiger partial charge in [0.15, 0.2) is 5.96 Å². The lowest BCUT2D eigenvalue weighted by molar-refractivity contribution is 0.378. The minimum absolute atomic E-state index is 0.852. The first-order valence-corrected chi connectivity index (χ1v) is 9.62. The van der Waals surface area contributed by atoms with E-state index in [0.29, 0.717) is 0 Å². The molecule has 138 valence electrons.